The molecule has 0 saturated carbocycles. The third-order valence-corrected chi connectivity index (χ3v) is 5.90. The molecule has 2 saturated heterocycles. The van der Waals surface area contributed by atoms with E-state index in [0.29, 0.717) is 13.0 Å². The lowest BCUT2D eigenvalue weighted by atomic mass is 9.87. The van der Waals surface area contributed by atoms with Crippen LogP contribution >= 0.6 is 15.9 Å². The van der Waals surface area contributed by atoms with E-state index in [0.717, 1.165) is 48.2 Å². The number of alkyl halides is 1. The largest absolute Gasteiger partial charge is 0.369 e. The topological polar surface area (TPSA) is 54.3 Å². The Balaban J connectivity index is 1.50. The van der Waals surface area contributed by atoms with Crippen molar-refractivity contribution in [3.05, 3.63) is 35.3 Å². The molecule has 2 aliphatic heterocycles. The number of pyridine rings is 1. The lowest BCUT2D eigenvalue weighted by molar-refractivity contribution is -0.120. The van der Waals surface area contributed by atoms with Gasteiger partial charge in [-0.15, -0.1) is 0 Å². The van der Waals surface area contributed by atoms with Crippen molar-refractivity contribution in [1.29, 1.82) is 0 Å². The molecule has 2 fully saturated rings. The first-order chi connectivity index (χ1) is 12.7. The zero-order valence-corrected chi connectivity index (χ0v) is 15.9. The molecule has 2 atom stereocenters. The van der Waals surface area contributed by atoms with Gasteiger partial charge in [-0.05, 0) is 47.2 Å². The molecule has 1 unspecified atom stereocenters. The minimum Gasteiger partial charge on any atom is -0.369 e. The van der Waals surface area contributed by atoms with Gasteiger partial charge in [0, 0.05) is 32.0 Å². The molecule has 0 N–H and O–H groups in total. The first kappa shape index (κ1) is 17.5. The van der Waals surface area contributed by atoms with Gasteiger partial charge in [-0.1, -0.05) is 0 Å². The van der Waals surface area contributed by atoms with Crippen LogP contribution in [-0.2, 0) is 4.79 Å². The highest BCUT2D eigenvalue weighted by Gasteiger charge is 2.40. The van der Waals surface area contributed by atoms with Crippen LogP contribution in [0.5, 0.6) is 0 Å². The molecule has 6 nitrogen and oxygen atoms in total. The van der Waals surface area contributed by atoms with Crippen molar-refractivity contribution >= 4 is 28.0 Å². The fourth-order valence-electron chi connectivity index (χ4n) is 4.22. The van der Waals surface area contributed by atoms with Gasteiger partial charge in [0.2, 0.25) is 6.41 Å². The first-order valence-corrected chi connectivity index (χ1v) is 9.71. The van der Waals surface area contributed by atoms with E-state index in [9.17, 15) is 9.18 Å². The Morgan fingerprint density at radius 3 is 2.65 bits per heavy atom. The quantitative estimate of drug-likeness (QED) is 0.712. The summed E-state index contributed by atoms with van der Waals surface area (Å²) < 4.78 is 17.0. The Kier molecular flexibility index (Phi) is 4.93. The van der Waals surface area contributed by atoms with Crippen molar-refractivity contribution in [2.24, 2.45) is 5.92 Å². The fraction of sp³-hybridized carbons (Fsp3) is 0.500. The van der Waals surface area contributed by atoms with E-state index in [4.69, 9.17) is 0 Å². The molecule has 4 rings (SSSR count). The average Bonchev–Trinajstić information content (AvgIpc) is 3.27. The summed E-state index contributed by atoms with van der Waals surface area (Å²) in [5.74, 6) is 0.216. The van der Waals surface area contributed by atoms with Crippen molar-refractivity contribution < 1.29 is 9.18 Å². The van der Waals surface area contributed by atoms with Crippen LogP contribution in [0.3, 0.4) is 0 Å². The second-order valence-corrected chi connectivity index (χ2v) is 7.85. The SMILES string of the molecule is O=CN1CC[C@H](F)C1C1CCN(c2cnccc2-n2cc(Br)cn2)CC1. The lowest BCUT2D eigenvalue weighted by Crippen LogP contribution is -2.45. The third-order valence-electron chi connectivity index (χ3n) is 5.49. The number of carbonyl (C=O) groups is 1. The Morgan fingerprint density at radius 1 is 1.15 bits per heavy atom. The van der Waals surface area contributed by atoms with E-state index < -0.39 is 6.17 Å². The molecule has 2 aromatic heterocycles. The van der Waals surface area contributed by atoms with Crippen molar-refractivity contribution in [2.75, 3.05) is 24.5 Å². The van der Waals surface area contributed by atoms with Crippen LogP contribution in [0.2, 0.25) is 0 Å². The molecule has 26 heavy (non-hydrogen) atoms. The van der Waals surface area contributed by atoms with Gasteiger partial charge >= 0.3 is 0 Å². The number of piperidine rings is 1. The van der Waals surface area contributed by atoms with Gasteiger partial charge in [0.05, 0.1) is 34.3 Å². The van der Waals surface area contributed by atoms with Gasteiger partial charge in [-0.3, -0.25) is 9.78 Å². The molecule has 0 radical (unpaired) electrons. The Bertz CT molecular complexity index is 776. The normalized spacial score (nSPS) is 24.2. The third kappa shape index (κ3) is 3.22. The van der Waals surface area contributed by atoms with E-state index in [1.165, 1.54) is 0 Å². The predicted octanol–water partition coefficient (Wildman–Crippen LogP) is 2.82. The van der Waals surface area contributed by atoms with Gasteiger partial charge < -0.3 is 9.80 Å². The van der Waals surface area contributed by atoms with E-state index >= 15 is 0 Å². The van der Waals surface area contributed by atoms with Crippen molar-refractivity contribution in [3.8, 4) is 5.69 Å². The van der Waals surface area contributed by atoms with Crippen molar-refractivity contribution in [1.82, 2.24) is 19.7 Å². The Hall–Kier alpha value is -1.96. The van der Waals surface area contributed by atoms with E-state index in [1.54, 1.807) is 17.3 Å². The second-order valence-electron chi connectivity index (χ2n) is 6.93. The number of rotatable bonds is 4. The molecule has 2 aromatic rings. The van der Waals surface area contributed by atoms with Crippen molar-refractivity contribution in [3.63, 3.8) is 0 Å². The number of nitrogens with zero attached hydrogens (tertiary/aromatic N) is 5. The molecule has 2 aliphatic rings. The standard InChI is InChI=1S/C18H21BrFN5O/c19-14-9-22-25(11-14)16-1-5-21-10-17(16)23-6-2-13(3-7-23)18-15(20)4-8-24(18)12-26/h1,5,9-13,15,18H,2-4,6-8H2/t15-,18?/m0/s1. The molecule has 0 aliphatic carbocycles. The maximum Gasteiger partial charge on any atom is 0.210 e. The molecule has 0 spiro atoms. The maximum atomic E-state index is 14.3. The Morgan fingerprint density at radius 2 is 1.96 bits per heavy atom. The van der Waals surface area contributed by atoms with E-state index in [1.807, 2.05) is 23.1 Å². The highest BCUT2D eigenvalue weighted by Crippen LogP contribution is 2.34. The monoisotopic (exact) mass is 421 g/mol. The number of carbonyl (C=O) groups excluding carboxylic acids is 1. The van der Waals surface area contributed by atoms with E-state index in [2.05, 4.69) is 30.9 Å². The molecule has 0 bridgehead atoms. The smallest absolute Gasteiger partial charge is 0.210 e. The number of aromatic nitrogens is 3. The minimum absolute atomic E-state index is 0.216. The highest BCUT2D eigenvalue weighted by atomic mass is 79.9. The fourth-order valence-corrected chi connectivity index (χ4v) is 4.51. The molecular formula is C18H21BrFN5O. The molecule has 8 heteroatoms. The van der Waals surface area contributed by atoms with Crippen LogP contribution in [0.1, 0.15) is 19.3 Å². The van der Waals surface area contributed by atoms with Crippen LogP contribution in [0.15, 0.2) is 35.3 Å². The summed E-state index contributed by atoms with van der Waals surface area (Å²) in [4.78, 5) is 19.4. The zero-order valence-electron chi connectivity index (χ0n) is 14.3. The molecule has 4 heterocycles. The summed E-state index contributed by atoms with van der Waals surface area (Å²) >= 11 is 3.43. The lowest BCUT2D eigenvalue weighted by Gasteiger charge is -2.38. The van der Waals surface area contributed by atoms with Gasteiger partial charge in [0.1, 0.15) is 6.17 Å². The summed E-state index contributed by atoms with van der Waals surface area (Å²) in [6.45, 7) is 2.18. The summed E-state index contributed by atoms with van der Waals surface area (Å²) in [5.41, 5.74) is 2.00. The Labute approximate surface area is 160 Å². The number of hydrogen-bond donors (Lipinski definition) is 0. The van der Waals surface area contributed by atoms with Crippen LogP contribution in [0.25, 0.3) is 5.69 Å². The van der Waals surface area contributed by atoms with E-state index in [-0.39, 0.29) is 12.0 Å². The molecule has 1 amide bonds. The maximum absolute atomic E-state index is 14.3. The summed E-state index contributed by atoms with van der Waals surface area (Å²) in [6.07, 6.45) is 9.40. The van der Waals surface area contributed by atoms with Crippen LogP contribution < -0.4 is 4.90 Å². The van der Waals surface area contributed by atoms with Gasteiger partial charge in [-0.25, -0.2) is 9.07 Å². The number of hydrogen-bond acceptors (Lipinski definition) is 4. The van der Waals surface area contributed by atoms with Crippen molar-refractivity contribution in [2.45, 2.75) is 31.5 Å². The number of likely N-dealkylation sites (tertiary alicyclic amines) is 1. The zero-order chi connectivity index (χ0) is 18.1. The summed E-state index contributed by atoms with van der Waals surface area (Å²) in [7, 11) is 0. The van der Waals surface area contributed by atoms with Gasteiger partial charge in [0.15, 0.2) is 0 Å². The van der Waals surface area contributed by atoms with Crippen LogP contribution in [0.4, 0.5) is 10.1 Å². The summed E-state index contributed by atoms with van der Waals surface area (Å²) in [6, 6.07) is 1.69. The van der Waals surface area contributed by atoms with Crippen LogP contribution in [-0.4, -0.2) is 57.9 Å². The minimum atomic E-state index is -0.896. The average molecular weight is 422 g/mol. The molecule has 138 valence electrons. The van der Waals surface area contributed by atoms with Crippen LogP contribution in [0, 0.1) is 5.92 Å². The first-order valence-electron chi connectivity index (χ1n) is 8.92. The summed E-state index contributed by atoms with van der Waals surface area (Å²) in [5, 5.41) is 4.37. The van der Waals surface area contributed by atoms with Gasteiger partial charge in [0.25, 0.3) is 0 Å². The van der Waals surface area contributed by atoms with Gasteiger partial charge in [-0.2, -0.15) is 5.10 Å². The number of anilines is 1. The molecular weight excluding hydrogens is 401 g/mol. The second kappa shape index (κ2) is 7.34. The highest BCUT2D eigenvalue weighted by molar-refractivity contribution is 9.10. The predicted molar refractivity (Wildman–Crippen MR) is 100 cm³/mol. The number of amides is 1. The molecule has 0 aromatic carbocycles. The number of halogens is 2.